The molecular formula is C22H17FN4O3. The van der Waals surface area contributed by atoms with E-state index in [2.05, 4.69) is 14.7 Å². The first kappa shape index (κ1) is 19.3. The van der Waals surface area contributed by atoms with E-state index in [-0.39, 0.29) is 17.2 Å². The van der Waals surface area contributed by atoms with Gasteiger partial charge in [0.1, 0.15) is 11.5 Å². The summed E-state index contributed by atoms with van der Waals surface area (Å²) in [5.74, 6) is -1.51. The highest BCUT2D eigenvalue weighted by Gasteiger charge is 2.13. The van der Waals surface area contributed by atoms with Crippen LogP contribution in [0, 0.1) is 5.82 Å². The van der Waals surface area contributed by atoms with E-state index in [0.717, 1.165) is 22.1 Å². The van der Waals surface area contributed by atoms with Crippen molar-refractivity contribution >= 4 is 22.8 Å². The number of carbonyl (C=O) groups is 2. The highest BCUT2D eigenvalue weighted by Crippen LogP contribution is 2.29. The highest BCUT2D eigenvalue weighted by molar-refractivity contribution is 6.00. The number of pyridine rings is 1. The molecule has 150 valence electrons. The van der Waals surface area contributed by atoms with Crippen LogP contribution in [-0.4, -0.2) is 33.5 Å². The predicted molar refractivity (Wildman–Crippen MR) is 108 cm³/mol. The van der Waals surface area contributed by atoms with Crippen LogP contribution in [0.4, 0.5) is 4.39 Å². The van der Waals surface area contributed by atoms with E-state index in [1.165, 1.54) is 25.6 Å². The summed E-state index contributed by atoms with van der Waals surface area (Å²) in [6.07, 6.45) is 3.13. The minimum Gasteiger partial charge on any atom is -0.464 e. The summed E-state index contributed by atoms with van der Waals surface area (Å²) in [6, 6.07) is 13.3. The minimum absolute atomic E-state index is 0.120. The summed E-state index contributed by atoms with van der Waals surface area (Å²) in [4.78, 5) is 31.8. The number of benzene rings is 2. The highest BCUT2D eigenvalue weighted by atomic mass is 19.1. The van der Waals surface area contributed by atoms with Gasteiger partial charge < -0.3 is 15.0 Å². The fourth-order valence-corrected chi connectivity index (χ4v) is 3.23. The summed E-state index contributed by atoms with van der Waals surface area (Å²) in [7, 11) is 1.30. The number of esters is 1. The number of fused-ring (bicyclic) bond motifs is 1. The van der Waals surface area contributed by atoms with Crippen molar-refractivity contribution in [1.29, 1.82) is 0 Å². The van der Waals surface area contributed by atoms with E-state index in [1.807, 2.05) is 18.2 Å². The van der Waals surface area contributed by atoms with Crippen LogP contribution in [0.5, 0.6) is 0 Å². The minimum atomic E-state index is -0.650. The van der Waals surface area contributed by atoms with Gasteiger partial charge in [0, 0.05) is 18.1 Å². The molecule has 0 radical (unpaired) electrons. The molecule has 0 spiro atoms. The molecule has 1 amide bonds. The molecule has 0 aliphatic heterocycles. The lowest BCUT2D eigenvalue weighted by Gasteiger charge is -2.11. The van der Waals surface area contributed by atoms with Crippen molar-refractivity contribution in [1.82, 2.24) is 14.5 Å². The number of rotatable bonds is 5. The fraction of sp³-hybridized carbons (Fsp3) is 0.0909. The molecule has 0 bridgehead atoms. The summed E-state index contributed by atoms with van der Waals surface area (Å²) in [5.41, 5.74) is 8.74. The monoisotopic (exact) mass is 404 g/mol. The smallest absolute Gasteiger partial charge is 0.358 e. The number of nitrogens with zero attached hydrogens (tertiary/aromatic N) is 3. The number of hydrogen-bond donors (Lipinski definition) is 1. The molecule has 2 heterocycles. The lowest BCUT2D eigenvalue weighted by Crippen LogP contribution is -2.13. The van der Waals surface area contributed by atoms with Crippen LogP contribution in [0.1, 0.15) is 26.5 Å². The molecule has 7 nitrogen and oxygen atoms in total. The van der Waals surface area contributed by atoms with Crippen LogP contribution in [0.2, 0.25) is 0 Å². The number of carbonyl (C=O) groups excluding carboxylic acids is 2. The molecule has 0 atom stereocenters. The van der Waals surface area contributed by atoms with Gasteiger partial charge in [-0.25, -0.2) is 19.2 Å². The maximum Gasteiger partial charge on any atom is 0.358 e. The van der Waals surface area contributed by atoms with E-state index in [0.29, 0.717) is 12.1 Å². The Balaban J connectivity index is 1.76. The number of ether oxygens (including phenoxy) is 1. The van der Waals surface area contributed by atoms with Crippen LogP contribution in [-0.2, 0) is 11.3 Å². The number of hydrogen-bond acceptors (Lipinski definition) is 5. The normalized spacial score (nSPS) is 10.9. The predicted octanol–water partition coefficient (Wildman–Crippen LogP) is 3.17. The zero-order valence-electron chi connectivity index (χ0n) is 16.0. The molecular weight excluding hydrogens is 387 g/mol. The first-order chi connectivity index (χ1) is 14.4. The van der Waals surface area contributed by atoms with Crippen LogP contribution < -0.4 is 5.73 Å². The Morgan fingerprint density at radius 1 is 1.10 bits per heavy atom. The van der Waals surface area contributed by atoms with E-state index >= 15 is 0 Å². The van der Waals surface area contributed by atoms with Gasteiger partial charge in [0.2, 0.25) is 0 Å². The molecule has 0 aliphatic rings. The first-order valence-electron chi connectivity index (χ1n) is 9.04. The molecule has 2 aromatic heterocycles. The Morgan fingerprint density at radius 2 is 1.87 bits per heavy atom. The molecule has 8 heteroatoms. The topological polar surface area (TPSA) is 100 Å². The standard InChI is InChI=1S/C22H17FN4O3/c1-30-22(29)20-11-27(12-25-20)10-13-2-7-16-17(14-3-5-15(23)6-4-14)9-19(21(24)28)26-18(16)8-13/h2-9,11-12H,10H2,1H3,(H2,24,28). The molecule has 0 unspecified atom stereocenters. The quantitative estimate of drug-likeness (QED) is 0.515. The summed E-state index contributed by atoms with van der Waals surface area (Å²) in [5, 5.41) is 0.802. The van der Waals surface area contributed by atoms with Crippen LogP contribution in [0.3, 0.4) is 0 Å². The van der Waals surface area contributed by atoms with Crippen molar-refractivity contribution in [3.8, 4) is 11.1 Å². The molecule has 0 saturated carbocycles. The Bertz CT molecular complexity index is 1270. The van der Waals surface area contributed by atoms with E-state index in [4.69, 9.17) is 5.73 Å². The van der Waals surface area contributed by atoms with Gasteiger partial charge in [-0.3, -0.25) is 4.79 Å². The SMILES string of the molecule is COC(=O)c1cn(Cc2ccc3c(-c4ccc(F)cc4)cc(C(N)=O)nc3c2)cn1. The third-order valence-corrected chi connectivity index (χ3v) is 4.67. The average molecular weight is 404 g/mol. The van der Waals surface area contributed by atoms with Crippen molar-refractivity contribution in [3.63, 3.8) is 0 Å². The molecule has 0 aliphatic carbocycles. The number of halogens is 1. The number of imidazole rings is 1. The third kappa shape index (κ3) is 3.75. The molecule has 2 aromatic carbocycles. The second kappa shape index (κ2) is 7.75. The van der Waals surface area contributed by atoms with Crippen molar-refractivity contribution in [2.75, 3.05) is 7.11 Å². The van der Waals surface area contributed by atoms with Crippen molar-refractivity contribution in [3.05, 3.63) is 83.8 Å². The first-order valence-corrected chi connectivity index (χ1v) is 9.04. The number of amides is 1. The van der Waals surface area contributed by atoms with Gasteiger partial charge in [0.15, 0.2) is 5.69 Å². The van der Waals surface area contributed by atoms with Gasteiger partial charge in [-0.05, 0) is 41.0 Å². The number of aromatic nitrogens is 3. The number of nitrogens with two attached hydrogens (primary N) is 1. The van der Waals surface area contributed by atoms with Gasteiger partial charge in [-0.1, -0.05) is 24.3 Å². The maximum atomic E-state index is 13.3. The number of methoxy groups -OCH3 is 1. The van der Waals surface area contributed by atoms with Crippen molar-refractivity contribution < 1.29 is 18.7 Å². The molecule has 30 heavy (non-hydrogen) atoms. The molecule has 0 saturated heterocycles. The lowest BCUT2D eigenvalue weighted by atomic mass is 9.98. The Labute approximate surface area is 170 Å². The zero-order valence-corrected chi connectivity index (χ0v) is 16.0. The molecule has 0 fully saturated rings. The van der Waals surface area contributed by atoms with Crippen LogP contribution >= 0.6 is 0 Å². The average Bonchev–Trinajstić information content (AvgIpc) is 3.21. The summed E-state index contributed by atoms with van der Waals surface area (Å²) in [6.45, 7) is 0.439. The van der Waals surface area contributed by atoms with Crippen LogP contribution in [0.15, 0.2) is 61.1 Å². The summed E-state index contributed by atoms with van der Waals surface area (Å²) < 4.78 is 19.7. The Morgan fingerprint density at radius 3 is 2.57 bits per heavy atom. The van der Waals surface area contributed by atoms with Crippen molar-refractivity contribution in [2.45, 2.75) is 6.54 Å². The van der Waals surface area contributed by atoms with Gasteiger partial charge in [-0.15, -0.1) is 0 Å². The number of primary amides is 1. The van der Waals surface area contributed by atoms with E-state index < -0.39 is 11.9 Å². The second-order valence-electron chi connectivity index (χ2n) is 6.70. The molecule has 4 rings (SSSR count). The third-order valence-electron chi connectivity index (χ3n) is 4.67. The lowest BCUT2D eigenvalue weighted by molar-refractivity contribution is 0.0594. The van der Waals surface area contributed by atoms with Gasteiger partial charge in [-0.2, -0.15) is 0 Å². The molecule has 4 aromatic rings. The largest absolute Gasteiger partial charge is 0.464 e. The fourth-order valence-electron chi connectivity index (χ4n) is 3.23. The Kier molecular flexibility index (Phi) is 4.97. The van der Waals surface area contributed by atoms with Crippen LogP contribution in [0.25, 0.3) is 22.0 Å². The van der Waals surface area contributed by atoms with E-state index in [9.17, 15) is 14.0 Å². The van der Waals surface area contributed by atoms with Crippen molar-refractivity contribution in [2.24, 2.45) is 5.73 Å². The Hall–Kier alpha value is -4.07. The molecule has 2 N–H and O–H groups in total. The zero-order chi connectivity index (χ0) is 21.3. The van der Waals surface area contributed by atoms with Gasteiger partial charge >= 0.3 is 5.97 Å². The second-order valence-corrected chi connectivity index (χ2v) is 6.70. The van der Waals surface area contributed by atoms with Gasteiger partial charge in [0.05, 0.1) is 19.0 Å². The van der Waals surface area contributed by atoms with Gasteiger partial charge in [0.25, 0.3) is 5.91 Å². The maximum absolute atomic E-state index is 13.3. The summed E-state index contributed by atoms with van der Waals surface area (Å²) >= 11 is 0. The van der Waals surface area contributed by atoms with E-state index in [1.54, 1.807) is 29.0 Å².